The zero-order valence-electron chi connectivity index (χ0n) is 29.2. The van der Waals surface area contributed by atoms with Crippen LogP contribution in [0.1, 0.15) is 75.4 Å². The maximum Gasteiger partial charge on any atom is 0.264 e. The summed E-state index contributed by atoms with van der Waals surface area (Å²) in [5.74, 6) is 0.283. The highest BCUT2D eigenvalue weighted by molar-refractivity contribution is 7.92. The van der Waals surface area contributed by atoms with Crippen LogP contribution in [0.3, 0.4) is 0 Å². The summed E-state index contributed by atoms with van der Waals surface area (Å²) in [5, 5.41) is 0. The average molecular weight is 676 g/mol. The first-order valence-corrected chi connectivity index (χ1v) is 18.6. The molecule has 2 aromatic carbocycles. The first kappa shape index (κ1) is 34.3. The number of ether oxygens (including phenoxy) is 2. The Bertz CT molecular complexity index is 1740. The SMILES string of the molecule is Cc1cccc(C)c1-c1cc2nc(n1)NS(=O)(=O)c1cccc(c1)C(=O)N(CC1CC(N3CC(C)OC(C)C3)C1)[C@H](CC(C)(C)C)CO2. The lowest BCUT2D eigenvalue weighted by atomic mass is 9.77. The van der Waals surface area contributed by atoms with Crippen LogP contribution in [0.4, 0.5) is 5.95 Å². The number of rotatable bonds is 5. The number of hydrogen-bond acceptors (Lipinski definition) is 8. The second kappa shape index (κ2) is 13.4. The van der Waals surface area contributed by atoms with E-state index in [0.717, 1.165) is 42.6 Å². The highest BCUT2D eigenvalue weighted by Gasteiger charge is 2.40. The van der Waals surface area contributed by atoms with E-state index < -0.39 is 10.0 Å². The molecule has 0 radical (unpaired) electrons. The first-order chi connectivity index (χ1) is 22.6. The van der Waals surface area contributed by atoms with Gasteiger partial charge in [-0.05, 0) is 87.6 Å². The Morgan fingerprint density at radius 1 is 0.958 bits per heavy atom. The molecular formula is C37H49N5O5S. The van der Waals surface area contributed by atoms with Gasteiger partial charge in [0.15, 0.2) is 0 Å². The van der Waals surface area contributed by atoms with Crippen LogP contribution in [0.2, 0.25) is 0 Å². The Morgan fingerprint density at radius 3 is 2.29 bits per heavy atom. The van der Waals surface area contributed by atoms with Gasteiger partial charge in [0.1, 0.15) is 6.61 Å². The number of benzene rings is 2. The standard InChI is InChI=1S/C37H49N5O5S/c1-23-10-8-11-24(2)34(23)32-17-33-39-36(38-32)40-48(44,45)31-13-9-12-28(16-31)35(43)42(30(22-46-33)18-37(5,6)7)21-27-14-29(15-27)41-19-25(3)47-26(4)20-41/h8-13,16-17,25-27,29-30H,14-15,18-22H2,1-7H3,(H,38,39,40)/t25?,26?,27?,29?,30-/m1/s1. The van der Waals surface area contributed by atoms with Crippen LogP contribution in [0.5, 0.6) is 5.88 Å². The lowest BCUT2D eigenvalue weighted by Crippen LogP contribution is -2.56. The molecule has 0 spiro atoms. The molecule has 1 saturated heterocycles. The van der Waals surface area contributed by atoms with Crippen LogP contribution in [0.15, 0.2) is 53.4 Å². The van der Waals surface area contributed by atoms with Crippen molar-refractivity contribution in [1.82, 2.24) is 19.8 Å². The van der Waals surface area contributed by atoms with Crippen molar-refractivity contribution in [3.8, 4) is 17.1 Å². The van der Waals surface area contributed by atoms with Gasteiger partial charge in [-0.2, -0.15) is 4.98 Å². The van der Waals surface area contributed by atoms with E-state index in [4.69, 9.17) is 9.47 Å². The zero-order chi connectivity index (χ0) is 34.4. The van der Waals surface area contributed by atoms with Crippen LogP contribution < -0.4 is 9.46 Å². The number of nitrogens with zero attached hydrogens (tertiary/aromatic N) is 4. The van der Waals surface area contributed by atoms with Crippen LogP contribution in [0, 0.1) is 25.2 Å². The van der Waals surface area contributed by atoms with Gasteiger partial charge in [0.05, 0.1) is 28.8 Å². The molecule has 3 atom stereocenters. The number of carbonyl (C=O) groups is 1. The third kappa shape index (κ3) is 7.68. The Balaban J connectivity index is 1.37. The van der Waals surface area contributed by atoms with Gasteiger partial charge in [0.2, 0.25) is 11.8 Å². The Morgan fingerprint density at radius 2 is 1.62 bits per heavy atom. The number of carbonyl (C=O) groups excluding carboxylic acids is 1. The van der Waals surface area contributed by atoms with E-state index in [1.54, 1.807) is 18.2 Å². The lowest BCUT2D eigenvalue weighted by Gasteiger charge is -2.49. The summed E-state index contributed by atoms with van der Waals surface area (Å²) in [6.45, 7) is 17.3. The fourth-order valence-corrected chi connectivity index (χ4v) is 8.51. The minimum atomic E-state index is -4.12. The minimum Gasteiger partial charge on any atom is -0.475 e. The summed E-state index contributed by atoms with van der Waals surface area (Å²) in [7, 11) is -4.12. The molecule has 10 nitrogen and oxygen atoms in total. The van der Waals surface area contributed by atoms with Gasteiger partial charge >= 0.3 is 0 Å². The molecule has 11 heteroatoms. The quantitative estimate of drug-likeness (QED) is 0.346. The summed E-state index contributed by atoms with van der Waals surface area (Å²) < 4.78 is 42.3. The van der Waals surface area contributed by atoms with Gasteiger partial charge in [-0.15, -0.1) is 0 Å². The van der Waals surface area contributed by atoms with Crippen molar-refractivity contribution in [3.63, 3.8) is 0 Å². The summed E-state index contributed by atoms with van der Waals surface area (Å²) in [6.07, 6.45) is 3.10. The fourth-order valence-electron chi connectivity index (χ4n) is 7.52. The molecule has 2 fully saturated rings. The predicted octanol–water partition coefficient (Wildman–Crippen LogP) is 6.09. The third-order valence-corrected chi connectivity index (χ3v) is 11.0. The van der Waals surface area contributed by atoms with E-state index >= 15 is 0 Å². The number of aryl methyl sites for hydroxylation is 2. The Labute approximate surface area is 285 Å². The van der Waals surface area contributed by atoms with Gasteiger partial charge in [-0.1, -0.05) is 45.0 Å². The molecule has 4 bridgehead atoms. The monoisotopic (exact) mass is 675 g/mol. The molecule has 1 aliphatic carbocycles. The van der Waals surface area contributed by atoms with Crippen LogP contribution in [-0.2, 0) is 14.8 Å². The van der Waals surface area contributed by atoms with Gasteiger partial charge in [-0.25, -0.2) is 18.1 Å². The molecule has 48 heavy (non-hydrogen) atoms. The van der Waals surface area contributed by atoms with Crippen molar-refractivity contribution in [2.24, 2.45) is 11.3 Å². The molecule has 1 N–H and O–H groups in total. The summed E-state index contributed by atoms with van der Waals surface area (Å²) >= 11 is 0. The number of aromatic nitrogens is 2. The molecule has 258 valence electrons. The fraction of sp³-hybridized carbons (Fsp3) is 0.541. The van der Waals surface area contributed by atoms with Crippen molar-refractivity contribution in [2.45, 2.75) is 96.9 Å². The molecule has 1 aromatic heterocycles. The second-order valence-electron chi connectivity index (χ2n) is 15.2. The minimum absolute atomic E-state index is 0.0253. The number of sulfonamides is 1. The second-order valence-corrected chi connectivity index (χ2v) is 16.9. The molecule has 2 unspecified atom stereocenters. The normalized spacial score (nSPS) is 26.3. The maximum atomic E-state index is 14.5. The van der Waals surface area contributed by atoms with Gasteiger partial charge < -0.3 is 14.4 Å². The Hall–Kier alpha value is -3.54. The van der Waals surface area contributed by atoms with E-state index in [0.29, 0.717) is 36.2 Å². The smallest absolute Gasteiger partial charge is 0.264 e. The van der Waals surface area contributed by atoms with E-state index in [9.17, 15) is 13.2 Å². The van der Waals surface area contributed by atoms with Crippen molar-refractivity contribution < 1.29 is 22.7 Å². The van der Waals surface area contributed by atoms with Crippen molar-refractivity contribution in [1.29, 1.82) is 0 Å². The molecule has 3 aromatic rings. The van der Waals surface area contributed by atoms with Crippen LogP contribution >= 0.6 is 0 Å². The number of amides is 1. The van der Waals surface area contributed by atoms with Crippen LogP contribution in [-0.4, -0.2) is 84.6 Å². The maximum absolute atomic E-state index is 14.5. The predicted molar refractivity (Wildman–Crippen MR) is 187 cm³/mol. The van der Waals surface area contributed by atoms with Crippen molar-refractivity contribution in [2.75, 3.05) is 31.0 Å². The van der Waals surface area contributed by atoms with E-state index in [1.807, 2.05) is 36.9 Å². The zero-order valence-corrected chi connectivity index (χ0v) is 30.0. The Kier molecular flexibility index (Phi) is 9.58. The van der Waals surface area contributed by atoms with Gasteiger partial charge in [-0.3, -0.25) is 9.69 Å². The molecule has 2 aliphatic heterocycles. The highest BCUT2D eigenvalue weighted by Crippen LogP contribution is 2.37. The van der Waals surface area contributed by atoms with Crippen molar-refractivity contribution >= 4 is 21.9 Å². The summed E-state index contributed by atoms with van der Waals surface area (Å²) in [4.78, 5) is 28.1. The van der Waals surface area contributed by atoms with Crippen LogP contribution in [0.25, 0.3) is 11.3 Å². The lowest BCUT2D eigenvalue weighted by molar-refractivity contribution is -0.0978. The number of hydrogen-bond donors (Lipinski definition) is 1. The third-order valence-electron chi connectivity index (χ3n) is 9.66. The van der Waals surface area contributed by atoms with Gasteiger partial charge in [0, 0.05) is 42.9 Å². The highest BCUT2D eigenvalue weighted by atomic mass is 32.2. The topological polar surface area (TPSA) is 114 Å². The molecule has 6 rings (SSSR count). The molecule has 3 aliphatic rings. The average Bonchev–Trinajstić information content (AvgIpc) is 2.97. The van der Waals surface area contributed by atoms with E-state index in [1.165, 1.54) is 12.1 Å². The molecule has 1 amide bonds. The molecule has 1 saturated carbocycles. The largest absolute Gasteiger partial charge is 0.475 e. The molecular weight excluding hydrogens is 627 g/mol. The summed E-state index contributed by atoms with van der Waals surface area (Å²) in [5.41, 5.74) is 3.66. The number of anilines is 1. The molecule has 3 heterocycles. The first-order valence-electron chi connectivity index (χ1n) is 17.1. The van der Waals surface area contributed by atoms with Crippen molar-refractivity contribution in [3.05, 3.63) is 65.2 Å². The number of morpholine rings is 1. The number of fused-ring (bicyclic) bond motifs is 4. The van der Waals surface area contributed by atoms with Gasteiger partial charge in [0.25, 0.3) is 15.9 Å². The van der Waals surface area contributed by atoms with E-state index in [2.05, 4.69) is 54.2 Å². The van der Waals surface area contributed by atoms with E-state index in [-0.39, 0.29) is 52.9 Å². The number of nitrogens with one attached hydrogen (secondary N) is 1. The summed E-state index contributed by atoms with van der Waals surface area (Å²) in [6, 6.07) is 14.2.